The van der Waals surface area contributed by atoms with E-state index in [0.29, 0.717) is 10.9 Å². The van der Waals surface area contributed by atoms with Crippen molar-refractivity contribution in [2.45, 2.75) is 47.7 Å². The molecule has 2 fully saturated rings. The molecule has 148 valence electrons. The quantitative estimate of drug-likeness (QED) is 0.726. The molecule has 0 unspecified atom stereocenters. The third-order valence-corrected chi connectivity index (χ3v) is 11.2. The zero-order chi connectivity index (χ0) is 19.2. The molecule has 3 rings (SSSR count). The Hall–Kier alpha value is -0.190. The molecule has 26 heavy (non-hydrogen) atoms. The number of nitrogens with zero attached hydrogens (tertiary/aromatic N) is 1. The summed E-state index contributed by atoms with van der Waals surface area (Å²) in [5.74, 6) is -0.487. The molecular weight excluding hydrogens is 416 g/mol. The highest BCUT2D eigenvalue weighted by molar-refractivity contribution is 7.97. The van der Waals surface area contributed by atoms with Gasteiger partial charge in [-0.1, -0.05) is 11.6 Å². The number of hydrogen-bond acceptors (Lipinski definition) is 7. The fraction of sp³-hybridized carbons (Fsp3) is 0.750. The number of sulfone groups is 2. The van der Waals surface area contributed by atoms with E-state index in [1.165, 1.54) is 12.1 Å². The Morgan fingerprint density at radius 3 is 2.50 bits per heavy atom. The normalized spacial score (nSPS) is 27.2. The summed E-state index contributed by atoms with van der Waals surface area (Å²) >= 11 is 6.85. The van der Waals surface area contributed by atoms with Crippen LogP contribution in [0.4, 0.5) is 0 Å². The summed E-state index contributed by atoms with van der Waals surface area (Å²) in [6, 6.07) is 2.38. The minimum absolute atomic E-state index is 0.134. The van der Waals surface area contributed by atoms with Crippen molar-refractivity contribution in [3.05, 3.63) is 16.5 Å². The van der Waals surface area contributed by atoms with E-state index in [0.717, 1.165) is 37.3 Å². The van der Waals surface area contributed by atoms with Crippen LogP contribution in [0, 0.1) is 0 Å². The average Bonchev–Trinajstić information content (AvgIpc) is 3.25. The van der Waals surface area contributed by atoms with Crippen molar-refractivity contribution in [2.75, 3.05) is 31.1 Å². The zero-order valence-electron chi connectivity index (χ0n) is 14.9. The van der Waals surface area contributed by atoms with Gasteiger partial charge in [0.25, 0.3) is 0 Å². The van der Waals surface area contributed by atoms with Crippen molar-refractivity contribution in [2.24, 2.45) is 0 Å². The van der Waals surface area contributed by atoms with Crippen molar-refractivity contribution in [1.29, 1.82) is 0 Å². The van der Waals surface area contributed by atoms with Crippen LogP contribution in [0.15, 0.2) is 16.3 Å². The van der Waals surface area contributed by atoms with E-state index in [4.69, 9.17) is 11.6 Å². The maximum Gasteiger partial charge on any atom is 0.193 e. The molecule has 0 saturated carbocycles. The monoisotopic (exact) mass is 440 g/mol. The molecule has 10 heteroatoms. The van der Waals surface area contributed by atoms with E-state index in [-0.39, 0.29) is 21.3 Å². The van der Waals surface area contributed by atoms with Gasteiger partial charge in [0.15, 0.2) is 19.7 Å². The second-order valence-corrected chi connectivity index (χ2v) is 14.0. The molecule has 1 N–H and O–H groups in total. The molecule has 2 aliphatic heterocycles. The highest BCUT2D eigenvalue weighted by Gasteiger charge is 2.46. The van der Waals surface area contributed by atoms with Gasteiger partial charge < -0.3 is 5.32 Å². The lowest BCUT2D eigenvalue weighted by atomic mass is 10.0. The third kappa shape index (κ3) is 4.28. The van der Waals surface area contributed by atoms with Crippen molar-refractivity contribution in [3.63, 3.8) is 0 Å². The average molecular weight is 441 g/mol. The Morgan fingerprint density at radius 2 is 1.92 bits per heavy atom. The topological polar surface area (TPSA) is 83.5 Å². The van der Waals surface area contributed by atoms with Gasteiger partial charge in [-0.25, -0.2) is 16.8 Å². The molecule has 2 atom stereocenters. The fourth-order valence-electron chi connectivity index (χ4n) is 3.73. The van der Waals surface area contributed by atoms with Gasteiger partial charge in [0.05, 0.1) is 21.1 Å². The highest BCUT2D eigenvalue weighted by Crippen LogP contribution is 2.32. The minimum Gasteiger partial charge on any atom is -0.310 e. The number of rotatable bonds is 6. The fourth-order valence-corrected chi connectivity index (χ4v) is 10.2. The van der Waals surface area contributed by atoms with Crippen molar-refractivity contribution < 1.29 is 16.8 Å². The Bertz CT molecular complexity index is 858. The predicted octanol–water partition coefficient (Wildman–Crippen LogP) is 1.80. The molecule has 0 amide bonds. The van der Waals surface area contributed by atoms with Crippen LogP contribution in [-0.2, 0) is 19.7 Å². The van der Waals surface area contributed by atoms with Crippen LogP contribution in [0.1, 0.15) is 26.7 Å². The largest absolute Gasteiger partial charge is 0.310 e. The molecule has 0 aliphatic carbocycles. The van der Waals surface area contributed by atoms with Crippen LogP contribution in [-0.4, -0.2) is 69.7 Å². The second-order valence-electron chi connectivity index (χ2n) is 7.71. The van der Waals surface area contributed by atoms with Gasteiger partial charge >= 0.3 is 0 Å². The molecule has 1 aromatic rings. The molecule has 6 nitrogen and oxygen atoms in total. The molecule has 0 bridgehead atoms. The first-order valence-corrected chi connectivity index (χ1v) is 13.3. The molecule has 3 heterocycles. The van der Waals surface area contributed by atoms with E-state index in [2.05, 4.69) is 24.1 Å². The molecule has 2 saturated heterocycles. The van der Waals surface area contributed by atoms with Gasteiger partial charge in [-0.3, -0.25) is 4.90 Å². The van der Waals surface area contributed by atoms with Crippen LogP contribution in [0.2, 0.25) is 4.34 Å². The first-order valence-electron chi connectivity index (χ1n) is 8.69. The molecule has 2 aliphatic rings. The van der Waals surface area contributed by atoms with Crippen LogP contribution in [0.25, 0.3) is 0 Å². The van der Waals surface area contributed by atoms with E-state index in [1.54, 1.807) is 0 Å². The lowest BCUT2D eigenvalue weighted by Crippen LogP contribution is -2.54. The van der Waals surface area contributed by atoms with Crippen molar-refractivity contribution >= 4 is 42.6 Å². The summed E-state index contributed by atoms with van der Waals surface area (Å²) in [6.07, 6.45) is 2.33. The van der Waals surface area contributed by atoms with E-state index in [9.17, 15) is 16.8 Å². The van der Waals surface area contributed by atoms with E-state index < -0.39 is 31.0 Å². The Balaban J connectivity index is 1.78. The second kappa shape index (κ2) is 7.33. The molecule has 0 spiro atoms. The van der Waals surface area contributed by atoms with Gasteiger partial charge in [-0.2, -0.15) is 0 Å². The van der Waals surface area contributed by atoms with Gasteiger partial charge in [0.1, 0.15) is 4.21 Å². The minimum atomic E-state index is -3.75. The van der Waals surface area contributed by atoms with Crippen LogP contribution in [0.5, 0.6) is 0 Å². The standard InChI is InChI=1S/C16H25ClN2O4S3/c1-16(2,19-7-3-4-8-19)11-18-12-9-25(20,21)10-13(12)26(22,23)15-6-5-14(17)24-15/h5-6,12-13,18H,3-4,7-11H2,1-2H3/t12-,13-/m0/s1. The van der Waals surface area contributed by atoms with Gasteiger partial charge in [-0.05, 0) is 51.9 Å². The van der Waals surface area contributed by atoms with E-state index >= 15 is 0 Å². The predicted molar refractivity (Wildman–Crippen MR) is 106 cm³/mol. The third-order valence-electron chi connectivity index (χ3n) is 5.29. The van der Waals surface area contributed by atoms with Crippen molar-refractivity contribution in [3.8, 4) is 0 Å². The number of likely N-dealkylation sites (tertiary alicyclic amines) is 1. The molecular formula is C16H25ClN2O4S3. The summed E-state index contributed by atoms with van der Waals surface area (Å²) in [5.41, 5.74) is -0.149. The SMILES string of the molecule is CC(C)(CN[C@H]1CS(=O)(=O)C[C@@H]1S(=O)(=O)c1ccc(Cl)s1)N1CCCC1. The summed E-state index contributed by atoms with van der Waals surface area (Å²) in [6.45, 7) is 6.80. The lowest BCUT2D eigenvalue weighted by Gasteiger charge is -2.37. The molecule has 0 radical (unpaired) electrons. The van der Waals surface area contributed by atoms with Crippen molar-refractivity contribution in [1.82, 2.24) is 10.2 Å². The Kier molecular flexibility index (Phi) is 5.79. The summed E-state index contributed by atoms with van der Waals surface area (Å²) in [5, 5.41) is 2.28. The smallest absolute Gasteiger partial charge is 0.193 e. The van der Waals surface area contributed by atoms with Gasteiger partial charge in [0, 0.05) is 18.1 Å². The number of hydrogen-bond donors (Lipinski definition) is 1. The maximum atomic E-state index is 13.0. The van der Waals surface area contributed by atoms with Gasteiger partial charge in [-0.15, -0.1) is 11.3 Å². The van der Waals surface area contributed by atoms with Crippen LogP contribution in [0.3, 0.4) is 0 Å². The number of nitrogens with one attached hydrogen (secondary N) is 1. The molecule has 0 aromatic carbocycles. The Morgan fingerprint density at radius 1 is 1.27 bits per heavy atom. The first-order chi connectivity index (χ1) is 12.0. The van der Waals surface area contributed by atoms with Crippen LogP contribution >= 0.6 is 22.9 Å². The molecule has 1 aromatic heterocycles. The number of halogens is 1. The zero-order valence-corrected chi connectivity index (χ0v) is 18.1. The summed E-state index contributed by atoms with van der Waals surface area (Å²) in [7, 11) is -7.15. The van der Waals surface area contributed by atoms with E-state index in [1.807, 2.05) is 0 Å². The number of thiophene rings is 1. The summed E-state index contributed by atoms with van der Waals surface area (Å²) in [4.78, 5) is 2.37. The van der Waals surface area contributed by atoms with Gasteiger partial charge in [0.2, 0.25) is 0 Å². The Labute approximate surface area is 164 Å². The maximum absolute atomic E-state index is 13.0. The highest BCUT2D eigenvalue weighted by atomic mass is 35.5. The van der Waals surface area contributed by atoms with Crippen LogP contribution < -0.4 is 5.32 Å². The first kappa shape index (κ1) is 20.5. The lowest BCUT2D eigenvalue weighted by molar-refractivity contribution is 0.148. The summed E-state index contributed by atoms with van der Waals surface area (Å²) < 4.78 is 50.8.